The van der Waals surface area contributed by atoms with Crippen LogP contribution in [-0.4, -0.2) is 38.3 Å². The molecule has 1 heterocycles. The Bertz CT molecular complexity index is 662. The summed E-state index contributed by atoms with van der Waals surface area (Å²) in [6.45, 7) is 7.74. The van der Waals surface area contributed by atoms with Crippen molar-refractivity contribution in [3.63, 3.8) is 0 Å². The summed E-state index contributed by atoms with van der Waals surface area (Å²) in [4.78, 5) is 12.5. The molecule has 1 N–H and O–H groups in total. The highest BCUT2D eigenvalue weighted by atomic mass is 32.2. The zero-order chi connectivity index (χ0) is 17.0. The quantitative estimate of drug-likeness (QED) is 0.867. The minimum Gasteiger partial charge on any atom is -0.352 e. The van der Waals surface area contributed by atoms with Crippen molar-refractivity contribution in [2.75, 3.05) is 19.6 Å². The van der Waals surface area contributed by atoms with Crippen LogP contribution < -0.4 is 5.32 Å². The van der Waals surface area contributed by atoms with Gasteiger partial charge in [-0.25, -0.2) is 8.42 Å². The maximum atomic E-state index is 12.6. The molecule has 0 aromatic heterocycles. The summed E-state index contributed by atoms with van der Waals surface area (Å²) in [6, 6.07) is 4.81. The summed E-state index contributed by atoms with van der Waals surface area (Å²) in [5.41, 5.74) is 1.22. The fourth-order valence-electron chi connectivity index (χ4n) is 2.65. The van der Waals surface area contributed by atoms with E-state index >= 15 is 0 Å². The van der Waals surface area contributed by atoms with Crippen LogP contribution in [0.2, 0.25) is 0 Å². The van der Waals surface area contributed by atoms with Crippen LogP contribution >= 0.6 is 0 Å². The fourth-order valence-corrected chi connectivity index (χ4v) is 4.20. The molecule has 0 unspecified atom stereocenters. The van der Waals surface area contributed by atoms with Gasteiger partial charge in [0.1, 0.15) is 0 Å². The first kappa shape index (κ1) is 17.9. The molecule has 5 nitrogen and oxygen atoms in total. The number of sulfonamides is 1. The Hall–Kier alpha value is -1.40. The molecular formula is C17H26N2O3S. The van der Waals surface area contributed by atoms with Crippen LogP contribution in [0.15, 0.2) is 23.1 Å². The lowest BCUT2D eigenvalue weighted by Crippen LogP contribution is -2.29. The van der Waals surface area contributed by atoms with Crippen molar-refractivity contribution in [2.45, 2.75) is 44.9 Å². The molecule has 1 fully saturated rings. The molecule has 1 aromatic rings. The Morgan fingerprint density at radius 3 is 2.52 bits per heavy atom. The van der Waals surface area contributed by atoms with E-state index in [2.05, 4.69) is 19.2 Å². The molecule has 6 heteroatoms. The lowest BCUT2D eigenvalue weighted by Gasteiger charge is -2.17. The number of rotatable bonds is 6. The van der Waals surface area contributed by atoms with Crippen LogP contribution in [0.4, 0.5) is 0 Å². The van der Waals surface area contributed by atoms with Gasteiger partial charge in [-0.3, -0.25) is 4.79 Å². The number of benzene rings is 1. The highest BCUT2D eigenvalue weighted by Gasteiger charge is 2.28. The van der Waals surface area contributed by atoms with Crippen molar-refractivity contribution in [1.29, 1.82) is 0 Å². The van der Waals surface area contributed by atoms with E-state index < -0.39 is 10.0 Å². The van der Waals surface area contributed by atoms with E-state index in [4.69, 9.17) is 0 Å². The van der Waals surface area contributed by atoms with E-state index in [1.54, 1.807) is 12.1 Å². The molecule has 128 valence electrons. The lowest BCUT2D eigenvalue weighted by atomic mass is 10.1. The van der Waals surface area contributed by atoms with Gasteiger partial charge in [-0.15, -0.1) is 0 Å². The van der Waals surface area contributed by atoms with Crippen molar-refractivity contribution in [3.05, 3.63) is 29.3 Å². The molecule has 1 aliphatic rings. The van der Waals surface area contributed by atoms with Gasteiger partial charge >= 0.3 is 0 Å². The zero-order valence-electron chi connectivity index (χ0n) is 14.1. The molecular weight excluding hydrogens is 312 g/mol. The molecule has 2 rings (SSSR count). The average molecular weight is 338 g/mol. The fraction of sp³-hybridized carbons (Fsp3) is 0.588. The van der Waals surface area contributed by atoms with E-state index in [1.807, 2.05) is 6.92 Å². The second-order valence-electron chi connectivity index (χ2n) is 6.53. The van der Waals surface area contributed by atoms with E-state index in [9.17, 15) is 13.2 Å². The summed E-state index contributed by atoms with van der Waals surface area (Å²) >= 11 is 0. The summed E-state index contributed by atoms with van der Waals surface area (Å²) in [5, 5.41) is 2.87. The third-order valence-electron chi connectivity index (χ3n) is 4.16. The van der Waals surface area contributed by atoms with Crippen LogP contribution in [0.25, 0.3) is 0 Å². The van der Waals surface area contributed by atoms with Crippen molar-refractivity contribution in [2.24, 2.45) is 5.92 Å². The molecule has 0 spiro atoms. The smallest absolute Gasteiger partial charge is 0.251 e. The van der Waals surface area contributed by atoms with Crippen LogP contribution in [0.3, 0.4) is 0 Å². The van der Waals surface area contributed by atoms with Gasteiger partial charge in [-0.1, -0.05) is 19.9 Å². The molecule has 0 atom stereocenters. The van der Waals surface area contributed by atoms with Crippen LogP contribution in [-0.2, 0) is 10.0 Å². The van der Waals surface area contributed by atoms with Crippen molar-refractivity contribution < 1.29 is 13.2 Å². The maximum absolute atomic E-state index is 12.6. The van der Waals surface area contributed by atoms with Crippen molar-refractivity contribution in [1.82, 2.24) is 9.62 Å². The predicted octanol–water partition coefficient (Wildman–Crippen LogP) is 2.56. The first-order valence-electron chi connectivity index (χ1n) is 8.21. The Morgan fingerprint density at radius 1 is 1.26 bits per heavy atom. The minimum atomic E-state index is -3.49. The molecule has 23 heavy (non-hydrogen) atoms. The zero-order valence-corrected chi connectivity index (χ0v) is 14.9. The molecule has 0 bridgehead atoms. The van der Waals surface area contributed by atoms with Gasteiger partial charge in [-0.2, -0.15) is 4.31 Å². The first-order chi connectivity index (χ1) is 10.8. The monoisotopic (exact) mass is 338 g/mol. The molecule has 0 saturated carbocycles. The number of amides is 1. The van der Waals surface area contributed by atoms with E-state index in [0.29, 0.717) is 31.1 Å². The van der Waals surface area contributed by atoms with Gasteiger partial charge < -0.3 is 5.32 Å². The Balaban J connectivity index is 2.20. The highest BCUT2D eigenvalue weighted by Crippen LogP contribution is 2.23. The molecule has 1 aromatic carbocycles. The maximum Gasteiger partial charge on any atom is 0.251 e. The molecule has 0 radical (unpaired) electrons. The summed E-state index contributed by atoms with van der Waals surface area (Å²) in [6.07, 6.45) is 2.69. The Labute approximate surface area is 139 Å². The third-order valence-corrected chi connectivity index (χ3v) is 6.06. The second-order valence-corrected chi connectivity index (χ2v) is 8.46. The molecule has 1 saturated heterocycles. The predicted molar refractivity (Wildman–Crippen MR) is 91.0 cm³/mol. The van der Waals surface area contributed by atoms with E-state index in [-0.39, 0.29) is 10.8 Å². The third kappa shape index (κ3) is 4.32. The van der Waals surface area contributed by atoms with Gasteiger partial charge in [0, 0.05) is 25.2 Å². The van der Waals surface area contributed by atoms with Gasteiger partial charge in [-0.05, 0) is 49.8 Å². The average Bonchev–Trinajstić information content (AvgIpc) is 3.01. The number of nitrogens with zero attached hydrogens (tertiary/aromatic N) is 1. The standard InChI is InChI=1S/C17H26N2O3S/c1-13(2)8-9-18-17(20)16-12-15(7-6-14(16)3)23(21,22)19-10-4-5-11-19/h6-7,12-13H,4-5,8-11H2,1-3H3,(H,18,20). The second kappa shape index (κ2) is 7.45. The summed E-state index contributed by atoms with van der Waals surface area (Å²) in [5.74, 6) is 0.305. The number of hydrogen-bond acceptors (Lipinski definition) is 3. The SMILES string of the molecule is Cc1ccc(S(=O)(=O)N2CCCC2)cc1C(=O)NCCC(C)C. The number of hydrogen-bond donors (Lipinski definition) is 1. The van der Waals surface area contributed by atoms with Gasteiger partial charge in [0.25, 0.3) is 5.91 Å². The van der Waals surface area contributed by atoms with Gasteiger partial charge in [0.15, 0.2) is 0 Å². The highest BCUT2D eigenvalue weighted by molar-refractivity contribution is 7.89. The number of aryl methyl sites for hydroxylation is 1. The Morgan fingerprint density at radius 2 is 1.91 bits per heavy atom. The molecule has 1 aliphatic heterocycles. The lowest BCUT2D eigenvalue weighted by molar-refractivity contribution is 0.0951. The van der Waals surface area contributed by atoms with Crippen molar-refractivity contribution in [3.8, 4) is 0 Å². The van der Waals surface area contributed by atoms with Crippen LogP contribution in [0.1, 0.15) is 49.0 Å². The Kier molecular flexibility index (Phi) is 5.81. The topological polar surface area (TPSA) is 66.5 Å². The normalized spacial score (nSPS) is 16.0. The van der Waals surface area contributed by atoms with E-state index in [0.717, 1.165) is 24.8 Å². The summed E-state index contributed by atoms with van der Waals surface area (Å²) < 4.78 is 26.7. The van der Waals surface area contributed by atoms with Crippen LogP contribution in [0.5, 0.6) is 0 Å². The van der Waals surface area contributed by atoms with Gasteiger partial charge in [0.2, 0.25) is 10.0 Å². The number of carbonyl (C=O) groups is 1. The largest absolute Gasteiger partial charge is 0.352 e. The molecule has 0 aliphatic carbocycles. The van der Waals surface area contributed by atoms with Crippen molar-refractivity contribution >= 4 is 15.9 Å². The molecule has 1 amide bonds. The number of carbonyl (C=O) groups excluding carboxylic acids is 1. The summed E-state index contributed by atoms with van der Waals surface area (Å²) in [7, 11) is -3.49. The number of nitrogens with one attached hydrogen (secondary N) is 1. The van der Waals surface area contributed by atoms with Gasteiger partial charge in [0.05, 0.1) is 4.90 Å². The minimum absolute atomic E-state index is 0.207. The first-order valence-corrected chi connectivity index (χ1v) is 9.65. The van der Waals surface area contributed by atoms with E-state index in [1.165, 1.54) is 10.4 Å². The van der Waals surface area contributed by atoms with Crippen LogP contribution in [0, 0.1) is 12.8 Å².